The summed E-state index contributed by atoms with van der Waals surface area (Å²) in [5, 5.41) is 10.8. The number of halogens is 2. The third-order valence-electron chi connectivity index (χ3n) is 3.72. The number of benzene rings is 1. The summed E-state index contributed by atoms with van der Waals surface area (Å²) >= 11 is 9.20. The number of nitrogens with zero attached hydrogens (tertiary/aromatic N) is 1. The number of likely N-dealkylation sites (tertiary alicyclic amines) is 1. The van der Waals surface area contributed by atoms with Crippen molar-refractivity contribution in [3.63, 3.8) is 0 Å². The lowest BCUT2D eigenvalue weighted by Gasteiger charge is -2.47. The van der Waals surface area contributed by atoms with E-state index < -0.39 is 5.60 Å². The van der Waals surface area contributed by atoms with Crippen molar-refractivity contribution in [1.82, 2.24) is 4.90 Å². The molecule has 1 N–H and O–H groups in total. The van der Waals surface area contributed by atoms with Crippen LogP contribution in [0.25, 0.3) is 0 Å². The first kappa shape index (κ1) is 12.5. The second-order valence-corrected chi connectivity index (χ2v) is 6.43. The Bertz CT molecular complexity index is 510. The maximum Gasteiger partial charge on any atom is 0.254 e. The van der Waals surface area contributed by atoms with Crippen LogP contribution < -0.4 is 0 Å². The van der Waals surface area contributed by atoms with Crippen LogP contribution >= 0.6 is 27.5 Å². The summed E-state index contributed by atoms with van der Waals surface area (Å²) in [5.74, 6) is 0.358. The Kier molecular flexibility index (Phi) is 2.92. The largest absolute Gasteiger partial charge is 0.386 e. The second-order valence-electron chi connectivity index (χ2n) is 5.17. The van der Waals surface area contributed by atoms with Gasteiger partial charge in [-0.2, -0.15) is 0 Å². The highest BCUT2D eigenvalue weighted by molar-refractivity contribution is 9.10. The van der Waals surface area contributed by atoms with Crippen LogP contribution in [-0.4, -0.2) is 34.6 Å². The molecule has 3 rings (SSSR count). The van der Waals surface area contributed by atoms with E-state index in [2.05, 4.69) is 15.9 Å². The van der Waals surface area contributed by atoms with Crippen molar-refractivity contribution >= 4 is 33.4 Å². The van der Waals surface area contributed by atoms with Crippen LogP contribution in [-0.2, 0) is 0 Å². The van der Waals surface area contributed by atoms with Crippen LogP contribution in [0.4, 0.5) is 0 Å². The molecular formula is C13H13BrClNO2. The predicted octanol–water partition coefficient (Wildman–Crippen LogP) is 2.70. The molecule has 2 fully saturated rings. The molecule has 1 aromatic rings. The van der Waals surface area contributed by atoms with Crippen molar-refractivity contribution in [1.29, 1.82) is 0 Å². The molecule has 96 valence electrons. The van der Waals surface area contributed by atoms with Crippen molar-refractivity contribution in [2.24, 2.45) is 5.92 Å². The van der Waals surface area contributed by atoms with Gasteiger partial charge in [0, 0.05) is 10.0 Å². The summed E-state index contributed by atoms with van der Waals surface area (Å²) < 4.78 is 0.716. The highest BCUT2D eigenvalue weighted by Crippen LogP contribution is 2.44. The summed E-state index contributed by atoms with van der Waals surface area (Å²) in [4.78, 5) is 13.9. The van der Waals surface area contributed by atoms with Gasteiger partial charge in [-0.25, -0.2) is 0 Å². The van der Waals surface area contributed by atoms with E-state index in [1.165, 1.54) is 0 Å². The molecule has 1 saturated carbocycles. The van der Waals surface area contributed by atoms with Gasteiger partial charge in [-0.3, -0.25) is 4.79 Å². The lowest BCUT2D eigenvalue weighted by atomic mass is 9.88. The normalized spacial score (nSPS) is 21.6. The lowest BCUT2D eigenvalue weighted by molar-refractivity contribution is -0.0958. The highest BCUT2D eigenvalue weighted by atomic mass is 79.9. The number of rotatable bonds is 2. The van der Waals surface area contributed by atoms with Crippen LogP contribution in [0.1, 0.15) is 23.2 Å². The number of hydrogen-bond donors (Lipinski definition) is 1. The van der Waals surface area contributed by atoms with E-state index in [1.54, 1.807) is 23.1 Å². The first-order chi connectivity index (χ1) is 8.49. The van der Waals surface area contributed by atoms with Crippen LogP contribution in [0.2, 0.25) is 5.02 Å². The summed E-state index contributed by atoms with van der Waals surface area (Å²) in [6, 6.07) is 5.13. The molecule has 0 radical (unpaired) electrons. The second kappa shape index (κ2) is 4.22. The average molecular weight is 331 g/mol. The third-order valence-corrected chi connectivity index (χ3v) is 4.93. The fraction of sp³-hybridized carbons (Fsp3) is 0.462. The Labute approximate surface area is 119 Å². The van der Waals surface area contributed by atoms with Gasteiger partial charge in [0.2, 0.25) is 0 Å². The van der Waals surface area contributed by atoms with E-state index in [-0.39, 0.29) is 5.91 Å². The minimum atomic E-state index is -0.626. The maximum absolute atomic E-state index is 12.2. The summed E-state index contributed by atoms with van der Waals surface area (Å²) in [6.07, 6.45) is 2.18. The monoisotopic (exact) mass is 329 g/mol. The van der Waals surface area contributed by atoms with Gasteiger partial charge >= 0.3 is 0 Å². The first-order valence-electron chi connectivity index (χ1n) is 5.96. The molecule has 1 saturated heterocycles. The summed E-state index contributed by atoms with van der Waals surface area (Å²) in [5.41, 5.74) is -0.0246. The van der Waals surface area contributed by atoms with E-state index in [1.807, 2.05) is 0 Å². The molecule has 1 amide bonds. The zero-order chi connectivity index (χ0) is 12.9. The quantitative estimate of drug-likeness (QED) is 0.906. The van der Waals surface area contributed by atoms with E-state index in [9.17, 15) is 9.90 Å². The summed E-state index contributed by atoms with van der Waals surface area (Å²) in [6.45, 7) is 0.910. The van der Waals surface area contributed by atoms with Gasteiger partial charge in [-0.1, -0.05) is 11.6 Å². The smallest absolute Gasteiger partial charge is 0.254 e. The molecule has 0 aromatic heterocycles. The van der Waals surface area contributed by atoms with Crippen molar-refractivity contribution < 1.29 is 9.90 Å². The Hall–Kier alpha value is -0.580. The van der Waals surface area contributed by atoms with Crippen molar-refractivity contribution in [3.8, 4) is 0 Å². The number of carbonyl (C=O) groups is 1. The molecule has 1 heterocycles. The zero-order valence-corrected chi connectivity index (χ0v) is 12.0. The molecule has 2 aliphatic rings. The molecule has 18 heavy (non-hydrogen) atoms. The Balaban J connectivity index is 1.70. The highest BCUT2D eigenvalue weighted by Gasteiger charge is 2.53. The molecule has 0 unspecified atom stereocenters. The predicted molar refractivity (Wildman–Crippen MR) is 72.7 cm³/mol. The minimum absolute atomic E-state index is 0.0438. The number of aliphatic hydroxyl groups is 1. The van der Waals surface area contributed by atoms with E-state index in [0.29, 0.717) is 34.1 Å². The zero-order valence-electron chi connectivity index (χ0n) is 9.70. The molecule has 0 spiro atoms. The maximum atomic E-state index is 12.2. The van der Waals surface area contributed by atoms with Crippen molar-refractivity contribution in [3.05, 3.63) is 33.3 Å². The van der Waals surface area contributed by atoms with Crippen LogP contribution in [0.15, 0.2) is 22.7 Å². The Morgan fingerprint density at radius 2 is 2.11 bits per heavy atom. The number of amides is 1. The molecule has 0 atom stereocenters. The average Bonchev–Trinajstić information content (AvgIpc) is 3.12. The molecule has 3 nitrogen and oxygen atoms in total. The van der Waals surface area contributed by atoms with Gasteiger partial charge in [-0.05, 0) is 52.9 Å². The van der Waals surface area contributed by atoms with E-state index in [0.717, 1.165) is 12.8 Å². The van der Waals surface area contributed by atoms with Crippen molar-refractivity contribution in [2.45, 2.75) is 18.4 Å². The number of β-amino-alcohol motifs (C(OH)–C–C–N with tert-alkyl or cyclic N) is 1. The minimum Gasteiger partial charge on any atom is -0.386 e. The topological polar surface area (TPSA) is 40.5 Å². The lowest BCUT2D eigenvalue weighted by Crippen LogP contribution is -2.64. The molecule has 5 heteroatoms. The Morgan fingerprint density at radius 1 is 1.44 bits per heavy atom. The van der Waals surface area contributed by atoms with Gasteiger partial charge in [-0.15, -0.1) is 0 Å². The standard InChI is InChI=1S/C13H13BrClNO2/c14-10-5-8(1-4-11(10)15)12(17)16-6-13(18,7-16)9-2-3-9/h1,4-5,9,18H,2-3,6-7H2. The van der Waals surface area contributed by atoms with Crippen LogP contribution in [0.3, 0.4) is 0 Å². The van der Waals surface area contributed by atoms with E-state index >= 15 is 0 Å². The SMILES string of the molecule is O=C(c1ccc(Cl)c(Br)c1)N1CC(O)(C2CC2)C1. The molecule has 1 aromatic carbocycles. The van der Waals surface area contributed by atoms with Gasteiger partial charge in [0.15, 0.2) is 0 Å². The fourth-order valence-corrected chi connectivity index (χ4v) is 2.95. The summed E-state index contributed by atoms with van der Waals surface area (Å²) in [7, 11) is 0. The molecular weight excluding hydrogens is 318 g/mol. The Morgan fingerprint density at radius 3 is 2.67 bits per heavy atom. The first-order valence-corrected chi connectivity index (χ1v) is 7.13. The van der Waals surface area contributed by atoms with Gasteiger partial charge in [0.1, 0.15) is 5.60 Å². The number of hydrogen-bond acceptors (Lipinski definition) is 2. The van der Waals surface area contributed by atoms with Crippen molar-refractivity contribution in [2.75, 3.05) is 13.1 Å². The van der Waals surface area contributed by atoms with Gasteiger partial charge < -0.3 is 10.0 Å². The van der Waals surface area contributed by atoms with Crippen LogP contribution in [0.5, 0.6) is 0 Å². The third kappa shape index (κ3) is 2.06. The molecule has 1 aliphatic carbocycles. The van der Waals surface area contributed by atoms with Crippen LogP contribution in [0, 0.1) is 5.92 Å². The van der Waals surface area contributed by atoms with Gasteiger partial charge in [0.25, 0.3) is 5.91 Å². The van der Waals surface area contributed by atoms with E-state index in [4.69, 9.17) is 11.6 Å². The van der Waals surface area contributed by atoms with Gasteiger partial charge in [0.05, 0.1) is 18.1 Å². The number of carbonyl (C=O) groups excluding carboxylic acids is 1. The fourth-order valence-electron chi connectivity index (χ4n) is 2.45. The molecule has 0 bridgehead atoms. The molecule has 1 aliphatic heterocycles.